The molecule has 2 heterocycles. The van der Waals surface area contributed by atoms with Crippen LogP contribution < -0.4 is 10.1 Å². The Bertz CT molecular complexity index is 1450. The van der Waals surface area contributed by atoms with E-state index in [1.54, 1.807) is 36.4 Å². The molecule has 2 N–H and O–H groups in total. The fraction of sp³-hybridized carbons (Fsp3) is 0.250. The number of methoxy groups -OCH3 is 2. The molecular weight excluding hydrogens is 502 g/mol. The minimum absolute atomic E-state index is 0.00764. The highest BCUT2D eigenvalue weighted by atomic mass is 32.2. The maximum absolute atomic E-state index is 13.8. The van der Waals surface area contributed by atoms with E-state index in [0.717, 1.165) is 21.4 Å². The Labute approximate surface area is 213 Å². The highest BCUT2D eigenvalue weighted by Gasteiger charge is 2.41. The van der Waals surface area contributed by atoms with Crippen LogP contribution in [-0.2, 0) is 19.6 Å². The van der Waals surface area contributed by atoms with Crippen molar-refractivity contribution in [1.29, 1.82) is 0 Å². The third-order valence-corrected chi connectivity index (χ3v) is 7.46. The first-order valence-corrected chi connectivity index (χ1v) is 12.6. The van der Waals surface area contributed by atoms with Gasteiger partial charge in [-0.3, -0.25) is 13.8 Å². The number of carbonyl (C=O) groups excluding carboxylic acids is 1. The van der Waals surface area contributed by atoms with E-state index in [0.29, 0.717) is 17.9 Å². The van der Waals surface area contributed by atoms with E-state index in [-0.39, 0.29) is 35.1 Å². The number of aliphatic imine (C=N–C) groups is 1. The summed E-state index contributed by atoms with van der Waals surface area (Å²) in [6, 6.07) is 11.4. The number of carbonyl (C=O) groups is 2. The van der Waals surface area contributed by atoms with Gasteiger partial charge in [0, 0.05) is 26.5 Å². The maximum atomic E-state index is 13.8. The number of hydrogen-bond acceptors (Lipinski definition) is 8. The van der Waals surface area contributed by atoms with Crippen LogP contribution in [0.25, 0.3) is 0 Å². The van der Waals surface area contributed by atoms with E-state index in [2.05, 4.69) is 15.4 Å². The summed E-state index contributed by atoms with van der Waals surface area (Å²) in [6.45, 7) is 0.235. The van der Waals surface area contributed by atoms with Crippen LogP contribution in [0.4, 0.5) is 11.4 Å². The van der Waals surface area contributed by atoms with Crippen LogP contribution >= 0.6 is 0 Å². The molecule has 1 aliphatic rings. The standard InChI is InChI=1S/C24H25N5O7S/c1-35-13-7-12-29-22(26-18-9-4-6-11-20(18)37(29,33)34)21(28-15-16(14-25-28)24(31)32)23(30)27-17-8-3-5-10-19(17)36-2/h3-6,8-11,14-15,21H,7,12-13H2,1-2H3,(H,27,30)(H,31,32). The van der Waals surface area contributed by atoms with Crippen LogP contribution in [0.3, 0.4) is 0 Å². The number of benzene rings is 2. The third kappa shape index (κ3) is 5.17. The molecule has 1 aromatic heterocycles. The van der Waals surface area contributed by atoms with Crippen molar-refractivity contribution in [3.05, 3.63) is 66.5 Å². The topological polar surface area (TPSA) is 152 Å². The number of hydrogen-bond donors (Lipinski definition) is 2. The summed E-state index contributed by atoms with van der Waals surface area (Å²) in [6.07, 6.45) is 2.54. The van der Waals surface area contributed by atoms with Gasteiger partial charge < -0.3 is 19.9 Å². The number of nitrogens with zero attached hydrogens (tertiary/aromatic N) is 4. The van der Waals surface area contributed by atoms with E-state index < -0.39 is 27.9 Å². The predicted octanol–water partition coefficient (Wildman–Crippen LogP) is 2.54. The highest BCUT2D eigenvalue weighted by molar-refractivity contribution is 7.90. The Morgan fingerprint density at radius 3 is 2.54 bits per heavy atom. The van der Waals surface area contributed by atoms with Crippen molar-refractivity contribution in [2.45, 2.75) is 17.4 Å². The van der Waals surface area contributed by atoms with E-state index in [1.165, 1.54) is 26.4 Å². The van der Waals surface area contributed by atoms with E-state index in [1.807, 2.05) is 0 Å². The number of aromatic carboxylic acids is 1. The highest BCUT2D eigenvalue weighted by Crippen LogP contribution is 2.35. The number of sulfonamides is 1. The molecule has 0 saturated heterocycles. The Morgan fingerprint density at radius 1 is 1.11 bits per heavy atom. The summed E-state index contributed by atoms with van der Waals surface area (Å²) in [5.41, 5.74) is 0.304. The van der Waals surface area contributed by atoms with Gasteiger partial charge in [-0.2, -0.15) is 5.10 Å². The molecule has 0 spiro atoms. The Balaban J connectivity index is 1.87. The molecule has 0 radical (unpaired) electrons. The molecule has 12 nitrogen and oxygen atoms in total. The van der Waals surface area contributed by atoms with Crippen molar-refractivity contribution in [3.8, 4) is 5.75 Å². The third-order valence-electron chi connectivity index (χ3n) is 5.60. The van der Waals surface area contributed by atoms with Crippen LogP contribution in [0.15, 0.2) is 70.8 Å². The average molecular weight is 528 g/mol. The lowest BCUT2D eigenvalue weighted by Crippen LogP contribution is -2.47. The Morgan fingerprint density at radius 2 is 1.84 bits per heavy atom. The van der Waals surface area contributed by atoms with Crippen molar-refractivity contribution in [2.75, 3.05) is 32.7 Å². The molecule has 0 saturated carbocycles. The average Bonchev–Trinajstić information content (AvgIpc) is 3.36. The zero-order chi connectivity index (χ0) is 26.6. The van der Waals surface area contributed by atoms with Gasteiger partial charge in [0.25, 0.3) is 15.9 Å². The lowest BCUT2D eigenvalue weighted by atomic mass is 10.2. The van der Waals surface area contributed by atoms with Gasteiger partial charge in [0.2, 0.25) is 0 Å². The molecule has 1 unspecified atom stereocenters. The zero-order valence-electron chi connectivity index (χ0n) is 20.1. The first-order valence-electron chi connectivity index (χ1n) is 11.2. The number of aromatic nitrogens is 2. The van der Waals surface area contributed by atoms with Gasteiger partial charge in [-0.05, 0) is 30.7 Å². The summed E-state index contributed by atoms with van der Waals surface area (Å²) < 4.78 is 39.9. The number of rotatable bonds is 10. The van der Waals surface area contributed by atoms with Crippen molar-refractivity contribution < 1.29 is 32.6 Å². The van der Waals surface area contributed by atoms with Crippen LogP contribution in [0.5, 0.6) is 5.75 Å². The molecule has 1 amide bonds. The molecule has 1 aliphatic heterocycles. The second-order valence-electron chi connectivity index (χ2n) is 7.97. The van der Waals surface area contributed by atoms with Gasteiger partial charge in [0.05, 0.1) is 30.2 Å². The van der Waals surface area contributed by atoms with E-state index in [4.69, 9.17) is 9.47 Å². The minimum Gasteiger partial charge on any atom is -0.495 e. The molecular formula is C24H25N5O7S. The molecule has 2 aromatic carbocycles. The molecule has 0 bridgehead atoms. The number of para-hydroxylation sites is 3. The fourth-order valence-electron chi connectivity index (χ4n) is 3.87. The zero-order valence-corrected chi connectivity index (χ0v) is 20.9. The molecule has 1 atom stereocenters. The van der Waals surface area contributed by atoms with Crippen molar-refractivity contribution in [3.63, 3.8) is 0 Å². The van der Waals surface area contributed by atoms with E-state index >= 15 is 0 Å². The monoisotopic (exact) mass is 527 g/mol. The second-order valence-corrected chi connectivity index (χ2v) is 9.80. The Kier molecular flexibility index (Phi) is 7.55. The molecule has 4 rings (SSSR count). The Hall–Kier alpha value is -4.23. The molecule has 37 heavy (non-hydrogen) atoms. The molecule has 3 aromatic rings. The van der Waals surface area contributed by atoms with E-state index in [9.17, 15) is 23.1 Å². The quantitative estimate of drug-likeness (QED) is 0.382. The predicted molar refractivity (Wildman–Crippen MR) is 134 cm³/mol. The number of anilines is 1. The smallest absolute Gasteiger partial charge is 0.338 e. The largest absolute Gasteiger partial charge is 0.495 e. The van der Waals surface area contributed by atoms with Gasteiger partial charge in [0.15, 0.2) is 11.9 Å². The van der Waals surface area contributed by atoms with Gasteiger partial charge in [0.1, 0.15) is 10.6 Å². The van der Waals surface area contributed by atoms with Crippen LogP contribution in [-0.4, -0.2) is 72.7 Å². The van der Waals surface area contributed by atoms with Crippen molar-refractivity contribution in [2.24, 2.45) is 4.99 Å². The van der Waals surface area contributed by atoms with Crippen LogP contribution in [0.1, 0.15) is 22.8 Å². The van der Waals surface area contributed by atoms with Gasteiger partial charge in [-0.25, -0.2) is 18.2 Å². The molecule has 0 fully saturated rings. The summed E-state index contributed by atoms with van der Waals surface area (Å²) in [5, 5.41) is 16.2. The summed E-state index contributed by atoms with van der Waals surface area (Å²) in [7, 11) is -1.17. The number of nitrogens with one attached hydrogen (secondary N) is 1. The number of fused-ring (bicyclic) bond motifs is 1. The van der Waals surface area contributed by atoms with Crippen molar-refractivity contribution in [1.82, 2.24) is 14.1 Å². The first-order chi connectivity index (χ1) is 17.8. The molecule has 13 heteroatoms. The number of amidine groups is 1. The lowest BCUT2D eigenvalue weighted by Gasteiger charge is -2.33. The number of carboxylic acid groups (broad SMARTS) is 1. The number of ether oxygens (including phenoxy) is 2. The summed E-state index contributed by atoms with van der Waals surface area (Å²) in [4.78, 5) is 29.9. The molecule has 0 aliphatic carbocycles. The number of carboxylic acids is 1. The maximum Gasteiger partial charge on any atom is 0.338 e. The lowest BCUT2D eigenvalue weighted by molar-refractivity contribution is -0.117. The summed E-state index contributed by atoms with van der Waals surface area (Å²) in [5.74, 6) is -1.71. The SMILES string of the molecule is COCCCN1C(C(C(=O)Nc2ccccc2OC)n2cc(C(=O)O)cn2)=Nc2ccccc2S1(=O)=O. The summed E-state index contributed by atoms with van der Waals surface area (Å²) >= 11 is 0. The number of amides is 1. The molecule has 194 valence electrons. The van der Waals surface area contributed by atoms with Crippen molar-refractivity contribution >= 4 is 39.1 Å². The fourth-order valence-corrected chi connectivity index (χ4v) is 5.49. The van der Waals surface area contributed by atoms with Gasteiger partial charge >= 0.3 is 5.97 Å². The second kappa shape index (κ2) is 10.8. The van der Waals surface area contributed by atoms with Crippen LogP contribution in [0.2, 0.25) is 0 Å². The van der Waals surface area contributed by atoms with Gasteiger partial charge in [-0.15, -0.1) is 0 Å². The van der Waals surface area contributed by atoms with Gasteiger partial charge in [-0.1, -0.05) is 24.3 Å². The normalized spacial score (nSPS) is 14.9. The minimum atomic E-state index is -4.11. The first kappa shape index (κ1) is 25.9. The van der Waals surface area contributed by atoms with Crippen LogP contribution in [0, 0.1) is 0 Å².